The van der Waals surface area contributed by atoms with E-state index in [0.29, 0.717) is 49.8 Å². The van der Waals surface area contributed by atoms with E-state index in [2.05, 4.69) is 5.32 Å². The molecule has 1 heterocycles. The molecule has 1 atom stereocenters. The Kier molecular flexibility index (Phi) is 8.28. The third kappa shape index (κ3) is 6.25. The lowest BCUT2D eigenvalue weighted by molar-refractivity contribution is -0.120. The number of nitrogens with one attached hydrogen (secondary N) is 1. The third-order valence-corrected chi connectivity index (χ3v) is 8.07. The zero-order valence-corrected chi connectivity index (χ0v) is 21.5. The van der Waals surface area contributed by atoms with E-state index in [1.165, 1.54) is 4.31 Å². The molecule has 7 nitrogen and oxygen atoms in total. The summed E-state index contributed by atoms with van der Waals surface area (Å²) in [5.74, 6) is 0.767. The first-order valence-corrected chi connectivity index (χ1v) is 13.6. The minimum Gasteiger partial charge on any atom is -0.494 e. The summed E-state index contributed by atoms with van der Waals surface area (Å²) in [5, 5.41) is 2.92. The summed E-state index contributed by atoms with van der Waals surface area (Å²) in [6.45, 7) is 5.24. The highest BCUT2D eigenvalue weighted by Gasteiger charge is 2.33. The van der Waals surface area contributed by atoms with E-state index in [9.17, 15) is 13.2 Å². The van der Waals surface area contributed by atoms with Crippen LogP contribution >= 0.6 is 0 Å². The van der Waals surface area contributed by atoms with Crippen LogP contribution in [-0.2, 0) is 21.4 Å². The largest absolute Gasteiger partial charge is 0.494 e. The van der Waals surface area contributed by atoms with Gasteiger partial charge >= 0.3 is 0 Å². The Morgan fingerprint density at radius 3 is 2.47 bits per heavy atom. The topological polar surface area (TPSA) is 84.9 Å². The molecule has 1 aliphatic heterocycles. The van der Waals surface area contributed by atoms with Gasteiger partial charge in [0.15, 0.2) is 0 Å². The predicted octanol–water partition coefficient (Wildman–Crippen LogP) is 5.01. The van der Waals surface area contributed by atoms with Crippen molar-refractivity contribution in [3.8, 4) is 11.5 Å². The zero-order chi connectivity index (χ0) is 25.5. The molecule has 8 heteroatoms. The van der Waals surface area contributed by atoms with Crippen molar-refractivity contribution in [1.82, 2.24) is 4.31 Å². The lowest BCUT2D eigenvalue weighted by atomic mass is 9.99. The number of hydrogen-bond donors (Lipinski definition) is 1. The van der Waals surface area contributed by atoms with Crippen LogP contribution in [0.2, 0.25) is 0 Å². The second-order valence-electron chi connectivity index (χ2n) is 8.85. The summed E-state index contributed by atoms with van der Waals surface area (Å²) in [7, 11) is -3.71. The summed E-state index contributed by atoms with van der Waals surface area (Å²) < 4.78 is 39.3. The molecule has 3 aromatic rings. The van der Waals surface area contributed by atoms with Crippen molar-refractivity contribution in [2.75, 3.05) is 25.0 Å². The Morgan fingerprint density at radius 1 is 1.03 bits per heavy atom. The summed E-state index contributed by atoms with van der Waals surface area (Å²) in [6.07, 6.45) is 1.26. The molecule has 0 aliphatic carbocycles. The number of carbonyl (C=O) groups excluding carboxylic acids is 1. The van der Waals surface area contributed by atoms with Crippen LogP contribution in [0, 0.1) is 12.8 Å². The fourth-order valence-electron chi connectivity index (χ4n) is 4.24. The van der Waals surface area contributed by atoms with Gasteiger partial charge in [0, 0.05) is 18.8 Å². The quantitative estimate of drug-likeness (QED) is 0.439. The number of rotatable bonds is 9. The van der Waals surface area contributed by atoms with Gasteiger partial charge in [-0.15, -0.1) is 0 Å². The van der Waals surface area contributed by atoms with Gasteiger partial charge in [-0.05, 0) is 80.3 Å². The van der Waals surface area contributed by atoms with Gasteiger partial charge in [0.2, 0.25) is 15.9 Å². The predicted molar refractivity (Wildman–Crippen MR) is 140 cm³/mol. The molecular weight excluding hydrogens is 476 g/mol. The third-order valence-electron chi connectivity index (χ3n) is 6.21. The Morgan fingerprint density at radius 2 is 1.78 bits per heavy atom. The molecular formula is C28H32N2O5S. The Labute approximate surface area is 213 Å². The molecule has 0 radical (unpaired) electrons. The molecule has 36 heavy (non-hydrogen) atoms. The molecule has 1 aliphatic rings. The van der Waals surface area contributed by atoms with E-state index in [1.54, 1.807) is 30.3 Å². The molecule has 190 valence electrons. The van der Waals surface area contributed by atoms with Gasteiger partial charge in [0.1, 0.15) is 18.1 Å². The molecule has 0 unspecified atom stereocenters. The monoisotopic (exact) mass is 508 g/mol. The van der Waals surface area contributed by atoms with E-state index in [0.717, 1.165) is 11.1 Å². The number of carbonyl (C=O) groups is 1. The van der Waals surface area contributed by atoms with Crippen LogP contribution in [0.25, 0.3) is 0 Å². The van der Waals surface area contributed by atoms with Crippen molar-refractivity contribution in [3.63, 3.8) is 0 Å². The van der Waals surface area contributed by atoms with Crippen LogP contribution < -0.4 is 14.8 Å². The smallest absolute Gasteiger partial charge is 0.243 e. The van der Waals surface area contributed by atoms with Crippen LogP contribution in [0.1, 0.15) is 30.9 Å². The lowest BCUT2D eigenvalue weighted by Crippen LogP contribution is -2.43. The summed E-state index contributed by atoms with van der Waals surface area (Å²) in [6, 6.07) is 22.0. The van der Waals surface area contributed by atoms with Gasteiger partial charge in [-0.2, -0.15) is 4.31 Å². The second-order valence-corrected chi connectivity index (χ2v) is 10.8. The standard InChI is InChI=1S/C28H32N2O5S/c1-3-34-27-16-15-26(18-21(27)2)36(32,33)30-17-7-10-23(19-30)28(31)29-24-11-13-25(14-12-24)35-20-22-8-5-4-6-9-22/h4-6,8-9,11-16,18,23H,3,7,10,17,19-20H2,1-2H3,(H,29,31)/t23-/m0/s1. The van der Waals surface area contributed by atoms with Gasteiger partial charge in [-0.3, -0.25) is 4.79 Å². The SMILES string of the molecule is CCOc1ccc(S(=O)(=O)N2CCC[C@H](C(=O)Nc3ccc(OCc4ccccc4)cc3)C2)cc1C. The lowest BCUT2D eigenvalue weighted by Gasteiger charge is -2.31. The molecule has 1 N–H and O–H groups in total. The minimum absolute atomic E-state index is 0.151. The van der Waals surface area contributed by atoms with Gasteiger partial charge in [-0.25, -0.2) is 8.42 Å². The van der Waals surface area contributed by atoms with E-state index in [-0.39, 0.29) is 17.3 Å². The highest BCUT2D eigenvalue weighted by atomic mass is 32.2. The summed E-state index contributed by atoms with van der Waals surface area (Å²) in [4.78, 5) is 13.2. The molecule has 1 fully saturated rings. The van der Waals surface area contributed by atoms with Crippen molar-refractivity contribution < 1.29 is 22.7 Å². The molecule has 0 spiro atoms. The molecule has 0 aromatic heterocycles. The Balaban J connectivity index is 1.36. The Hall–Kier alpha value is -3.36. The normalized spacial score (nSPS) is 16.3. The molecule has 1 saturated heterocycles. The van der Waals surface area contributed by atoms with Gasteiger partial charge in [-0.1, -0.05) is 30.3 Å². The maximum atomic E-state index is 13.3. The first-order valence-electron chi connectivity index (χ1n) is 12.2. The maximum absolute atomic E-state index is 13.3. The van der Waals surface area contributed by atoms with Crippen molar-refractivity contribution >= 4 is 21.6 Å². The maximum Gasteiger partial charge on any atom is 0.243 e. The highest BCUT2D eigenvalue weighted by molar-refractivity contribution is 7.89. The van der Waals surface area contributed by atoms with E-state index < -0.39 is 15.9 Å². The fourth-order valence-corrected chi connectivity index (χ4v) is 5.85. The number of nitrogens with zero attached hydrogens (tertiary/aromatic N) is 1. The zero-order valence-electron chi connectivity index (χ0n) is 20.6. The molecule has 0 bridgehead atoms. The van der Waals surface area contributed by atoms with E-state index in [1.807, 2.05) is 56.3 Å². The van der Waals surface area contributed by atoms with Crippen LogP contribution in [0.5, 0.6) is 11.5 Å². The first kappa shape index (κ1) is 25.7. The van der Waals surface area contributed by atoms with E-state index >= 15 is 0 Å². The number of hydrogen-bond acceptors (Lipinski definition) is 5. The summed E-state index contributed by atoms with van der Waals surface area (Å²) in [5.41, 5.74) is 2.49. The van der Waals surface area contributed by atoms with Gasteiger partial charge in [0.05, 0.1) is 17.4 Å². The number of anilines is 1. The molecule has 0 saturated carbocycles. The Bertz CT molecular complexity index is 1280. The highest BCUT2D eigenvalue weighted by Crippen LogP contribution is 2.28. The number of piperidine rings is 1. The average Bonchev–Trinajstić information content (AvgIpc) is 2.90. The minimum atomic E-state index is -3.71. The number of amides is 1. The van der Waals surface area contributed by atoms with Crippen molar-refractivity contribution in [2.45, 2.75) is 38.2 Å². The van der Waals surface area contributed by atoms with E-state index in [4.69, 9.17) is 9.47 Å². The molecule has 3 aromatic carbocycles. The molecule has 4 rings (SSSR count). The number of ether oxygens (including phenoxy) is 2. The first-order chi connectivity index (χ1) is 17.4. The number of benzene rings is 3. The van der Waals surface area contributed by atoms with Crippen molar-refractivity contribution in [2.24, 2.45) is 5.92 Å². The fraction of sp³-hybridized carbons (Fsp3) is 0.321. The van der Waals surface area contributed by atoms with Crippen LogP contribution in [0.15, 0.2) is 77.7 Å². The van der Waals surface area contributed by atoms with Crippen molar-refractivity contribution in [3.05, 3.63) is 83.9 Å². The van der Waals surface area contributed by atoms with Crippen LogP contribution in [-0.4, -0.2) is 38.3 Å². The van der Waals surface area contributed by atoms with Crippen molar-refractivity contribution in [1.29, 1.82) is 0 Å². The summed E-state index contributed by atoms with van der Waals surface area (Å²) >= 11 is 0. The number of aryl methyl sites for hydroxylation is 1. The van der Waals surface area contributed by atoms with Gasteiger partial charge < -0.3 is 14.8 Å². The van der Waals surface area contributed by atoms with Crippen LogP contribution in [0.3, 0.4) is 0 Å². The number of sulfonamides is 1. The molecule has 1 amide bonds. The van der Waals surface area contributed by atoms with Crippen LogP contribution in [0.4, 0.5) is 5.69 Å². The average molecular weight is 509 g/mol. The second kappa shape index (κ2) is 11.6. The van der Waals surface area contributed by atoms with Gasteiger partial charge in [0.25, 0.3) is 0 Å².